The highest BCUT2D eigenvalue weighted by Gasteiger charge is 2.20. The lowest BCUT2D eigenvalue weighted by molar-refractivity contribution is -0.119. The van der Waals surface area contributed by atoms with Crippen LogP contribution in [-0.2, 0) is 11.3 Å². The third-order valence-electron chi connectivity index (χ3n) is 2.79. The first-order chi connectivity index (χ1) is 8.19. The zero-order chi connectivity index (χ0) is 12.3. The van der Waals surface area contributed by atoms with E-state index in [-0.39, 0.29) is 23.5 Å². The normalized spacial score (nSPS) is 19.2. The molecule has 1 aliphatic rings. The van der Waals surface area contributed by atoms with Crippen molar-refractivity contribution in [3.05, 3.63) is 29.6 Å². The maximum absolute atomic E-state index is 13.4. The number of carbonyl (C=O) groups is 1. The number of methoxy groups -OCH3 is 1. The summed E-state index contributed by atoms with van der Waals surface area (Å²) < 4.78 is 18.2. The Kier molecular flexibility index (Phi) is 3.58. The fraction of sp³-hybridized carbons (Fsp3) is 0.417. The average molecular weight is 238 g/mol. The molecule has 1 fully saturated rings. The van der Waals surface area contributed by atoms with Crippen molar-refractivity contribution in [2.75, 3.05) is 13.7 Å². The molecule has 2 N–H and O–H groups in total. The fourth-order valence-electron chi connectivity index (χ4n) is 1.83. The minimum Gasteiger partial charge on any atom is -0.494 e. The summed E-state index contributed by atoms with van der Waals surface area (Å²) in [5.41, 5.74) is 0.836. The number of hydrogen-bond donors (Lipinski definition) is 2. The van der Waals surface area contributed by atoms with Gasteiger partial charge in [-0.25, -0.2) is 4.39 Å². The number of carbonyl (C=O) groups excluding carboxylic acids is 1. The molecule has 0 aromatic heterocycles. The summed E-state index contributed by atoms with van der Waals surface area (Å²) >= 11 is 0. The Bertz CT molecular complexity index is 423. The van der Waals surface area contributed by atoms with E-state index >= 15 is 0 Å². The summed E-state index contributed by atoms with van der Waals surface area (Å²) in [5.74, 6) is -0.0673. The van der Waals surface area contributed by atoms with Gasteiger partial charge < -0.3 is 15.4 Å². The van der Waals surface area contributed by atoms with Gasteiger partial charge in [0.05, 0.1) is 7.11 Å². The molecule has 17 heavy (non-hydrogen) atoms. The molecule has 1 atom stereocenters. The van der Waals surface area contributed by atoms with Crippen LogP contribution in [0.5, 0.6) is 5.75 Å². The number of benzene rings is 1. The summed E-state index contributed by atoms with van der Waals surface area (Å²) in [6.45, 7) is 1.18. The summed E-state index contributed by atoms with van der Waals surface area (Å²) in [4.78, 5) is 11.0. The molecule has 92 valence electrons. The zero-order valence-electron chi connectivity index (χ0n) is 9.63. The Labute approximate surface area is 99.2 Å². The standard InChI is InChI=1S/C12H15FN2O2/c1-17-11-3-2-8(4-10(11)13)6-14-9-5-12(16)15-7-9/h2-4,9,14H,5-7H2,1H3,(H,15,16). The number of halogens is 1. The highest BCUT2D eigenvalue weighted by molar-refractivity contribution is 5.78. The van der Waals surface area contributed by atoms with Gasteiger partial charge in [-0.15, -0.1) is 0 Å². The van der Waals surface area contributed by atoms with Crippen molar-refractivity contribution in [2.45, 2.75) is 19.0 Å². The van der Waals surface area contributed by atoms with Gasteiger partial charge in [-0.3, -0.25) is 4.79 Å². The van der Waals surface area contributed by atoms with Crippen molar-refractivity contribution in [1.82, 2.24) is 10.6 Å². The Morgan fingerprint density at radius 3 is 3.00 bits per heavy atom. The maximum Gasteiger partial charge on any atom is 0.221 e. The van der Waals surface area contributed by atoms with Crippen molar-refractivity contribution < 1.29 is 13.9 Å². The van der Waals surface area contributed by atoms with Crippen LogP contribution in [-0.4, -0.2) is 25.6 Å². The van der Waals surface area contributed by atoms with Crippen LogP contribution in [0.3, 0.4) is 0 Å². The zero-order valence-corrected chi connectivity index (χ0v) is 9.63. The number of ether oxygens (including phenoxy) is 1. The molecule has 1 aliphatic heterocycles. The molecule has 0 saturated carbocycles. The van der Waals surface area contributed by atoms with Gasteiger partial charge in [0.15, 0.2) is 11.6 Å². The lowest BCUT2D eigenvalue weighted by atomic mass is 10.2. The molecule has 0 aliphatic carbocycles. The molecule has 1 saturated heterocycles. The molecule has 1 aromatic rings. The molecule has 0 spiro atoms. The number of nitrogens with one attached hydrogen (secondary N) is 2. The lowest BCUT2D eigenvalue weighted by Gasteiger charge is -2.11. The van der Waals surface area contributed by atoms with E-state index in [0.29, 0.717) is 19.5 Å². The summed E-state index contributed by atoms with van der Waals surface area (Å²) in [6.07, 6.45) is 0.485. The maximum atomic E-state index is 13.4. The van der Waals surface area contributed by atoms with Crippen LogP contribution in [0, 0.1) is 5.82 Å². The predicted octanol–water partition coefficient (Wildman–Crippen LogP) is 0.812. The highest BCUT2D eigenvalue weighted by atomic mass is 19.1. The molecule has 1 aromatic carbocycles. The van der Waals surface area contributed by atoms with Crippen molar-refractivity contribution in [3.63, 3.8) is 0 Å². The Morgan fingerprint density at radius 1 is 1.59 bits per heavy atom. The first-order valence-corrected chi connectivity index (χ1v) is 5.51. The first kappa shape index (κ1) is 11.9. The average Bonchev–Trinajstić information content (AvgIpc) is 2.73. The van der Waals surface area contributed by atoms with E-state index in [9.17, 15) is 9.18 Å². The van der Waals surface area contributed by atoms with Crippen molar-refractivity contribution >= 4 is 5.91 Å². The number of hydrogen-bond acceptors (Lipinski definition) is 3. The highest BCUT2D eigenvalue weighted by Crippen LogP contribution is 2.17. The van der Waals surface area contributed by atoms with Crippen molar-refractivity contribution in [2.24, 2.45) is 0 Å². The van der Waals surface area contributed by atoms with Gasteiger partial charge in [0, 0.05) is 25.6 Å². The van der Waals surface area contributed by atoms with Crippen molar-refractivity contribution in [1.29, 1.82) is 0 Å². The van der Waals surface area contributed by atoms with Crippen LogP contribution < -0.4 is 15.4 Å². The predicted molar refractivity (Wildman–Crippen MR) is 61.2 cm³/mol. The molecular weight excluding hydrogens is 223 g/mol. The Balaban J connectivity index is 1.91. The second kappa shape index (κ2) is 5.14. The number of rotatable bonds is 4. The molecule has 1 amide bonds. The molecule has 1 unspecified atom stereocenters. The fourth-order valence-corrected chi connectivity index (χ4v) is 1.83. The molecular formula is C12H15FN2O2. The van der Waals surface area contributed by atoms with Gasteiger partial charge in [-0.1, -0.05) is 6.07 Å². The third kappa shape index (κ3) is 2.94. The van der Waals surface area contributed by atoms with E-state index in [1.165, 1.54) is 13.2 Å². The molecule has 4 nitrogen and oxygen atoms in total. The second-order valence-corrected chi connectivity index (χ2v) is 4.05. The summed E-state index contributed by atoms with van der Waals surface area (Å²) in [5, 5.41) is 5.94. The van der Waals surface area contributed by atoms with E-state index in [0.717, 1.165) is 5.56 Å². The lowest BCUT2D eigenvalue weighted by Crippen LogP contribution is -2.30. The molecule has 1 heterocycles. The van der Waals surface area contributed by atoms with E-state index in [4.69, 9.17) is 4.74 Å². The monoisotopic (exact) mass is 238 g/mol. The van der Waals surface area contributed by atoms with Gasteiger partial charge in [0.1, 0.15) is 0 Å². The topological polar surface area (TPSA) is 50.4 Å². The Morgan fingerprint density at radius 2 is 2.41 bits per heavy atom. The molecule has 2 rings (SSSR count). The number of amides is 1. The van der Waals surface area contributed by atoms with Crippen LogP contribution in [0.25, 0.3) is 0 Å². The van der Waals surface area contributed by atoms with Gasteiger partial charge in [0.25, 0.3) is 0 Å². The van der Waals surface area contributed by atoms with Crippen LogP contribution in [0.2, 0.25) is 0 Å². The third-order valence-corrected chi connectivity index (χ3v) is 2.79. The van der Waals surface area contributed by atoms with Crippen molar-refractivity contribution in [3.8, 4) is 5.75 Å². The molecule has 0 radical (unpaired) electrons. The van der Waals surface area contributed by atoms with Gasteiger partial charge in [-0.2, -0.15) is 0 Å². The Hall–Kier alpha value is -1.62. The van der Waals surface area contributed by atoms with Crippen LogP contribution in [0.15, 0.2) is 18.2 Å². The van der Waals surface area contributed by atoms with Crippen LogP contribution >= 0.6 is 0 Å². The van der Waals surface area contributed by atoms with Crippen LogP contribution in [0.1, 0.15) is 12.0 Å². The van der Waals surface area contributed by atoms with Gasteiger partial charge >= 0.3 is 0 Å². The van der Waals surface area contributed by atoms with E-state index < -0.39 is 0 Å². The summed E-state index contributed by atoms with van der Waals surface area (Å²) in [6, 6.07) is 4.98. The minimum atomic E-state index is -0.368. The summed E-state index contributed by atoms with van der Waals surface area (Å²) in [7, 11) is 1.44. The van der Waals surface area contributed by atoms with Gasteiger partial charge in [-0.05, 0) is 17.7 Å². The van der Waals surface area contributed by atoms with E-state index in [1.807, 2.05) is 0 Å². The van der Waals surface area contributed by atoms with E-state index in [2.05, 4.69) is 10.6 Å². The minimum absolute atomic E-state index is 0.0587. The second-order valence-electron chi connectivity index (χ2n) is 4.05. The SMILES string of the molecule is COc1ccc(CNC2CNC(=O)C2)cc1F. The molecule has 5 heteroatoms. The largest absolute Gasteiger partial charge is 0.494 e. The van der Waals surface area contributed by atoms with Gasteiger partial charge in [0.2, 0.25) is 5.91 Å². The first-order valence-electron chi connectivity index (χ1n) is 5.51. The smallest absolute Gasteiger partial charge is 0.221 e. The molecule has 0 bridgehead atoms. The quantitative estimate of drug-likeness (QED) is 0.816. The van der Waals surface area contributed by atoms with E-state index in [1.54, 1.807) is 12.1 Å². The van der Waals surface area contributed by atoms with Crippen LogP contribution in [0.4, 0.5) is 4.39 Å².